The Labute approximate surface area is 174 Å². The number of hydrogen-bond donors (Lipinski definition) is 3. The molecule has 0 spiro atoms. The lowest BCUT2D eigenvalue weighted by Gasteiger charge is -2.28. The topological polar surface area (TPSA) is 130 Å². The van der Waals surface area contributed by atoms with Gasteiger partial charge in [0.25, 0.3) is 0 Å². The van der Waals surface area contributed by atoms with Crippen molar-refractivity contribution in [3.05, 3.63) is 57.7 Å². The lowest BCUT2D eigenvalue weighted by Crippen LogP contribution is -2.40. The second-order valence-corrected chi connectivity index (χ2v) is 6.52. The molecule has 0 fully saturated rings. The number of rotatable bonds is 4. The first kappa shape index (κ1) is 24.0. The molecule has 11 heteroatoms. The highest BCUT2D eigenvalue weighted by Crippen LogP contribution is 2.39. The van der Waals surface area contributed by atoms with Crippen molar-refractivity contribution in [3.63, 3.8) is 0 Å². The van der Waals surface area contributed by atoms with Crippen LogP contribution in [0.4, 0.5) is 13.2 Å². The summed E-state index contributed by atoms with van der Waals surface area (Å²) in [5, 5.41) is 26.8. The van der Waals surface area contributed by atoms with E-state index in [0.717, 1.165) is 17.9 Å². The summed E-state index contributed by atoms with van der Waals surface area (Å²) >= 11 is 0. The molecule has 2 aromatic heterocycles. The SMILES string of the molecule is Cc1cncc(CO)c1C=O.Cc1ncc(CO)c2c1OC(C(F)(F)F)C(C(=O)O)=C2. The Morgan fingerprint density at radius 3 is 2.29 bits per heavy atom. The fraction of sp³-hybridized carbons (Fsp3) is 0.300. The number of halogens is 3. The number of ether oxygens (including phenoxy) is 1. The summed E-state index contributed by atoms with van der Waals surface area (Å²) in [6, 6.07) is 0. The van der Waals surface area contributed by atoms with Gasteiger partial charge < -0.3 is 20.1 Å². The summed E-state index contributed by atoms with van der Waals surface area (Å²) in [7, 11) is 0. The molecule has 3 heterocycles. The summed E-state index contributed by atoms with van der Waals surface area (Å²) in [6.07, 6.45) is -1.44. The van der Waals surface area contributed by atoms with Crippen molar-refractivity contribution in [3.8, 4) is 5.75 Å². The summed E-state index contributed by atoms with van der Waals surface area (Å²) in [4.78, 5) is 29.1. The number of aryl methyl sites for hydroxylation is 2. The van der Waals surface area contributed by atoms with Crippen molar-refractivity contribution < 1.29 is 42.8 Å². The number of carbonyl (C=O) groups is 2. The molecule has 0 saturated carbocycles. The van der Waals surface area contributed by atoms with Crippen molar-refractivity contribution >= 4 is 18.3 Å². The number of alkyl halides is 3. The van der Waals surface area contributed by atoms with Crippen molar-refractivity contribution in [2.24, 2.45) is 0 Å². The van der Waals surface area contributed by atoms with Crippen LogP contribution in [0, 0.1) is 13.8 Å². The molecule has 0 bridgehead atoms. The molecule has 0 amide bonds. The monoisotopic (exact) mass is 440 g/mol. The zero-order valence-electron chi connectivity index (χ0n) is 16.5. The molecule has 0 saturated heterocycles. The molecular formula is C20H19F3N2O6. The van der Waals surface area contributed by atoms with Crippen LogP contribution in [0.5, 0.6) is 5.75 Å². The van der Waals surface area contributed by atoms with Crippen molar-refractivity contribution in [1.82, 2.24) is 9.97 Å². The van der Waals surface area contributed by atoms with E-state index in [1.54, 1.807) is 13.1 Å². The van der Waals surface area contributed by atoms with E-state index in [2.05, 4.69) is 9.97 Å². The predicted octanol–water partition coefficient (Wildman–Crippen LogP) is 2.37. The Balaban J connectivity index is 0.000000262. The number of aliphatic carboxylic acids is 1. The number of carbonyl (C=O) groups excluding carboxylic acids is 1. The number of aldehydes is 1. The molecule has 3 rings (SSSR count). The molecule has 1 unspecified atom stereocenters. The van der Waals surface area contributed by atoms with Crippen LogP contribution in [0.1, 0.15) is 38.3 Å². The summed E-state index contributed by atoms with van der Waals surface area (Å²) < 4.78 is 43.4. The van der Waals surface area contributed by atoms with E-state index >= 15 is 0 Å². The maximum Gasteiger partial charge on any atom is 0.430 e. The number of hydrogen-bond acceptors (Lipinski definition) is 7. The normalized spacial score (nSPS) is 15.1. The van der Waals surface area contributed by atoms with Crippen molar-refractivity contribution in [2.75, 3.05) is 0 Å². The molecule has 1 aliphatic heterocycles. The predicted molar refractivity (Wildman–Crippen MR) is 101 cm³/mol. The number of fused-ring (bicyclic) bond motifs is 1. The van der Waals surface area contributed by atoms with Gasteiger partial charge in [0.1, 0.15) is 5.75 Å². The molecule has 1 aliphatic rings. The highest BCUT2D eigenvalue weighted by molar-refractivity contribution is 5.95. The van der Waals surface area contributed by atoms with Crippen LogP contribution in [0.15, 0.2) is 24.2 Å². The summed E-state index contributed by atoms with van der Waals surface area (Å²) in [5.74, 6) is -1.89. The molecule has 2 aromatic rings. The fourth-order valence-electron chi connectivity index (χ4n) is 2.83. The maximum absolute atomic E-state index is 12.9. The summed E-state index contributed by atoms with van der Waals surface area (Å²) in [6.45, 7) is 2.60. The van der Waals surface area contributed by atoms with Gasteiger partial charge in [-0.1, -0.05) is 0 Å². The Morgan fingerprint density at radius 2 is 1.81 bits per heavy atom. The van der Waals surface area contributed by atoms with Crippen LogP contribution in [-0.2, 0) is 18.0 Å². The van der Waals surface area contributed by atoms with Crippen molar-refractivity contribution in [1.29, 1.82) is 0 Å². The van der Waals surface area contributed by atoms with Gasteiger partial charge in [0.05, 0.1) is 24.5 Å². The largest absolute Gasteiger partial charge is 0.478 e. The average Bonchev–Trinajstić information content (AvgIpc) is 2.72. The average molecular weight is 440 g/mol. The molecule has 166 valence electrons. The van der Waals surface area contributed by atoms with Gasteiger partial charge in [-0.2, -0.15) is 13.2 Å². The maximum atomic E-state index is 12.9. The van der Waals surface area contributed by atoms with Crippen LogP contribution in [0.25, 0.3) is 6.08 Å². The summed E-state index contributed by atoms with van der Waals surface area (Å²) in [5.41, 5.74) is 1.49. The minimum atomic E-state index is -4.86. The second kappa shape index (κ2) is 9.67. The van der Waals surface area contributed by atoms with E-state index in [0.29, 0.717) is 11.1 Å². The molecule has 31 heavy (non-hydrogen) atoms. The number of nitrogens with zero attached hydrogens (tertiary/aromatic N) is 2. The van der Waals surface area contributed by atoms with Crippen LogP contribution in [-0.4, -0.2) is 49.8 Å². The van der Waals surface area contributed by atoms with Gasteiger partial charge in [-0.05, 0) is 25.5 Å². The Morgan fingerprint density at radius 1 is 1.16 bits per heavy atom. The minimum absolute atomic E-state index is 0.109. The molecule has 0 aromatic carbocycles. The Hall–Kier alpha value is -3.31. The zero-order chi connectivity index (χ0) is 23.3. The van der Waals surface area contributed by atoms with E-state index in [1.807, 2.05) is 0 Å². The molecule has 3 N–H and O–H groups in total. The lowest BCUT2D eigenvalue weighted by molar-refractivity contribution is -0.187. The number of aliphatic hydroxyl groups excluding tert-OH is 2. The van der Waals surface area contributed by atoms with E-state index in [9.17, 15) is 22.8 Å². The first-order valence-corrected chi connectivity index (χ1v) is 8.82. The third kappa shape index (κ3) is 5.25. The van der Waals surface area contributed by atoms with Crippen LogP contribution < -0.4 is 4.74 Å². The third-order valence-electron chi connectivity index (χ3n) is 4.42. The molecular weight excluding hydrogens is 421 g/mol. The number of carboxylic acids is 1. The number of aromatic nitrogens is 2. The van der Waals surface area contributed by atoms with Gasteiger partial charge in [-0.3, -0.25) is 14.8 Å². The highest BCUT2D eigenvalue weighted by atomic mass is 19.4. The molecule has 1 atom stereocenters. The van der Waals surface area contributed by atoms with Gasteiger partial charge in [0.15, 0.2) is 6.29 Å². The second-order valence-electron chi connectivity index (χ2n) is 6.52. The number of carboxylic acid groups (broad SMARTS) is 1. The zero-order valence-corrected chi connectivity index (χ0v) is 16.5. The van der Waals surface area contributed by atoms with E-state index in [-0.39, 0.29) is 29.2 Å². The van der Waals surface area contributed by atoms with Gasteiger partial charge in [0, 0.05) is 40.8 Å². The van der Waals surface area contributed by atoms with Gasteiger partial charge >= 0.3 is 12.1 Å². The molecule has 0 radical (unpaired) electrons. The molecule has 8 nitrogen and oxygen atoms in total. The minimum Gasteiger partial charge on any atom is -0.478 e. The number of aliphatic hydroxyl groups is 2. The lowest BCUT2D eigenvalue weighted by atomic mass is 9.98. The smallest absolute Gasteiger partial charge is 0.430 e. The standard InChI is InChI=1S/C12H10F3NO4.C8H9NO2/c1-5-9-7(6(4-17)3-16-5)2-8(11(18)19)10(20-9)12(13,14)15;1-6-2-9-3-7(4-10)8(6)5-11/h2-3,10,17H,4H2,1H3,(H,18,19);2-3,5,10H,4H2,1H3. The Kier molecular flexibility index (Phi) is 7.47. The highest BCUT2D eigenvalue weighted by Gasteiger charge is 2.49. The Bertz CT molecular complexity index is 1020. The van der Waals surface area contributed by atoms with Crippen LogP contribution in [0.2, 0.25) is 0 Å². The first-order chi connectivity index (χ1) is 14.5. The third-order valence-corrected chi connectivity index (χ3v) is 4.42. The van der Waals surface area contributed by atoms with E-state index < -0.39 is 30.4 Å². The van der Waals surface area contributed by atoms with Gasteiger partial charge in [-0.15, -0.1) is 0 Å². The fourth-order valence-corrected chi connectivity index (χ4v) is 2.83. The number of pyridine rings is 2. The van der Waals surface area contributed by atoms with Crippen molar-refractivity contribution in [2.45, 2.75) is 39.3 Å². The molecule has 0 aliphatic carbocycles. The first-order valence-electron chi connectivity index (χ1n) is 8.82. The van der Waals surface area contributed by atoms with Crippen LogP contribution >= 0.6 is 0 Å². The van der Waals surface area contributed by atoms with E-state index in [1.165, 1.54) is 19.3 Å². The van der Waals surface area contributed by atoms with Gasteiger partial charge in [0.2, 0.25) is 6.10 Å². The quantitative estimate of drug-likeness (QED) is 0.618. The van der Waals surface area contributed by atoms with E-state index in [4.69, 9.17) is 20.1 Å². The van der Waals surface area contributed by atoms with Gasteiger partial charge in [-0.25, -0.2) is 4.79 Å². The van der Waals surface area contributed by atoms with Crippen LogP contribution in [0.3, 0.4) is 0 Å².